The van der Waals surface area contributed by atoms with Crippen molar-refractivity contribution in [2.75, 3.05) is 0 Å². The maximum atomic E-state index is 10.8. The number of aliphatic imine (C=N–C) groups is 1. The molecule has 17 heavy (non-hydrogen) atoms. The number of rotatable bonds is 1. The van der Waals surface area contributed by atoms with Crippen molar-refractivity contribution in [1.29, 1.82) is 0 Å². The molecule has 4 nitrogen and oxygen atoms in total. The molecule has 0 saturated carbocycles. The third-order valence-electron chi connectivity index (χ3n) is 2.74. The van der Waals surface area contributed by atoms with Crippen LogP contribution in [-0.4, -0.2) is 12.0 Å². The number of para-hydroxylation sites is 2. The average Bonchev–Trinajstić information content (AvgIpc) is 2.35. The minimum absolute atomic E-state index is 0.422. The van der Waals surface area contributed by atoms with Crippen LogP contribution in [0.3, 0.4) is 0 Å². The second-order valence-electron chi connectivity index (χ2n) is 3.90. The Hall–Kier alpha value is -2.36. The second kappa shape index (κ2) is 3.59. The quantitative estimate of drug-likeness (QED) is 0.741. The van der Waals surface area contributed by atoms with Gasteiger partial charge in [-0.2, -0.15) is 0 Å². The van der Waals surface area contributed by atoms with E-state index in [4.69, 9.17) is 10.5 Å². The van der Waals surface area contributed by atoms with Crippen LogP contribution in [0.4, 0.5) is 5.69 Å². The van der Waals surface area contributed by atoms with E-state index in [1.165, 1.54) is 0 Å². The number of allylic oxidation sites excluding steroid dienone is 2. The minimum Gasteiger partial charge on any atom is -0.453 e. The van der Waals surface area contributed by atoms with Crippen LogP contribution in [0.25, 0.3) is 0 Å². The lowest BCUT2D eigenvalue weighted by Crippen LogP contribution is -2.23. The fraction of sp³-hybridized carbons (Fsp3) is 0.0769. The van der Waals surface area contributed by atoms with E-state index >= 15 is 0 Å². The minimum atomic E-state index is -0.422. The molecule has 0 amide bonds. The lowest BCUT2D eigenvalue weighted by atomic mass is 9.98. The third-order valence-corrected chi connectivity index (χ3v) is 2.74. The molecule has 84 valence electrons. The van der Waals surface area contributed by atoms with E-state index in [1.54, 1.807) is 12.2 Å². The number of aldehydes is 1. The zero-order chi connectivity index (χ0) is 11.8. The van der Waals surface area contributed by atoms with Crippen molar-refractivity contribution in [3.63, 3.8) is 0 Å². The van der Waals surface area contributed by atoms with Gasteiger partial charge in [0.2, 0.25) is 0 Å². The van der Waals surface area contributed by atoms with Gasteiger partial charge in [0.1, 0.15) is 23.4 Å². The standard InChI is InChI=1S/C13H10N2O2/c14-9-6-11-13(5-8(9)7-16)17-12-4-2-1-3-10(12)15-11/h1-8H,14H2. The topological polar surface area (TPSA) is 64.7 Å². The number of hydrogen-bond acceptors (Lipinski definition) is 4. The zero-order valence-corrected chi connectivity index (χ0v) is 8.96. The van der Waals surface area contributed by atoms with E-state index in [2.05, 4.69) is 4.99 Å². The summed E-state index contributed by atoms with van der Waals surface area (Å²) in [5.41, 5.74) is 7.69. The van der Waals surface area contributed by atoms with E-state index in [0.29, 0.717) is 22.9 Å². The van der Waals surface area contributed by atoms with E-state index in [1.807, 2.05) is 24.3 Å². The van der Waals surface area contributed by atoms with Gasteiger partial charge in [-0.05, 0) is 24.3 Å². The Morgan fingerprint density at radius 3 is 3.00 bits per heavy atom. The van der Waals surface area contributed by atoms with Gasteiger partial charge in [-0.3, -0.25) is 0 Å². The van der Waals surface area contributed by atoms with Gasteiger partial charge in [0.05, 0.1) is 5.92 Å². The zero-order valence-electron chi connectivity index (χ0n) is 8.96. The highest BCUT2D eigenvalue weighted by molar-refractivity contribution is 6.11. The molecule has 4 heteroatoms. The van der Waals surface area contributed by atoms with E-state index < -0.39 is 5.92 Å². The SMILES string of the molecule is NC1=CC2=Nc3ccccc3OC2=CC1C=O. The molecular formula is C13H10N2O2. The molecule has 0 aromatic heterocycles. The molecule has 1 unspecified atom stereocenters. The van der Waals surface area contributed by atoms with Crippen LogP contribution < -0.4 is 10.5 Å². The Labute approximate surface area is 98.1 Å². The highest BCUT2D eigenvalue weighted by atomic mass is 16.5. The van der Waals surface area contributed by atoms with Crippen LogP contribution in [0.1, 0.15) is 0 Å². The van der Waals surface area contributed by atoms with Crippen molar-refractivity contribution >= 4 is 17.7 Å². The molecule has 1 aromatic rings. The molecule has 1 aliphatic heterocycles. The first kappa shape index (κ1) is 9.84. The summed E-state index contributed by atoms with van der Waals surface area (Å²) in [4.78, 5) is 15.3. The fourth-order valence-electron chi connectivity index (χ4n) is 1.85. The molecule has 0 bridgehead atoms. The molecule has 0 spiro atoms. The van der Waals surface area contributed by atoms with Crippen LogP contribution in [0, 0.1) is 5.92 Å². The van der Waals surface area contributed by atoms with Crippen LogP contribution in [0.15, 0.2) is 52.9 Å². The molecule has 2 N–H and O–H groups in total. The Morgan fingerprint density at radius 1 is 1.35 bits per heavy atom. The molecule has 1 aliphatic carbocycles. The summed E-state index contributed by atoms with van der Waals surface area (Å²) < 4.78 is 5.69. The summed E-state index contributed by atoms with van der Waals surface area (Å²) in [6.07, 6.45) is 4.17. The highest BCUT2D eigenvalue weighted by Gasteiger charge is 2.24. The number of fused-ring (bicyclic) bond motifs is 2. The van der Waals surface area contributed by atoms with Crippen molar-refractivity contribution in [1.82, 2.24) is 0 Å². The smallest absolute Gasteiger partial charge is 0.153 e. The maximum Gasteiger partial charge on any atom is 0.153 e. The van der Waals surface area contributed by atoms with E-state index in [9.17, 15) is 4.79 Å². The van der Waals surface area contributed by atoms with Gasteiger partial charge in [-0.25, -0.2) is 4.99 Å². The van der Waals surface area contributed by atoms with Crippen LogP contribution in [0.5, 0.6) is 5.75 Å². The number of nitrogens with two attached hydrogens (primary N) is 1. The Bertz CT molecular complexity index is 585. The predicted molar refractivity (Wildman–Crippen MR) is 64.1 cm³/mol. The molecular weight excluding hydrogens is 216 g/mol. The first-order chi connectivity index (χ1) is 8.28. The van der Waals surface area contributed by atoms with E-state index in [0.717, 1.165) is 12.0 Å². The largest absolute Gasteiger partial charge is 0.453 e. The van der Waals surface area contributed by atoms with Crippen molar-refractivity contribution in [2.24, 2.45) is 16.6 Å². The number of ether oxygens (including phenoxy) is 1. The Balaban J connectivity index is 2.11. The van der Waals surface area contributed by atoms with Gasteiger partial charge in [-0.1, -0.05) is 12.1 Å². The molecule has 3 rings (SSSR count). The third kappa shape index (κ3) is 1.54. The maximum absolute atomic E-state index is 10.8. The lowest BCUT2D eigenvalue weighted by Gasteiger charge is -2.22. The molecule has 0 radical (unpaired) electrons. The first-order valence-corrected chi connectivity index (χ1v) is 5.28. The summed E-state index contributed by atoms with van der Waals surface area (Å²) in [6, 6.07) is 7.48. The van der Waals surface area contributed by atoms with Gasteiger partial charge in [0.25, 0.3) is 0 Å². The lowest BCUT2D eigenvalue weighted by molar-refractivity contribution is -0.109. The molecule has 1 atom stereocenters. The first-order valence-electron chi connectivity index (χ1n) is 5.28. The van der Waals surface area contributed by atoms with Gasteiger partial charge < -0.3 is 15.3 Å². The predicted octanol–water partition coefficient (Wildman–Crippen LogP) is 1.71. The van der Waals surface area contributed by atoms with Crippen molar-refractivity contribution in [3.05, 3.63) is 47.9 Å². The summed E-state index contributed by atoms with van der Waals surface area (Å²) >= 11 is 0. The van der Waals surface area contributed by atoms with Gasteiger partial charge in [0.15, 0.2) is 5.75 Å². The number of carbonyl (C=O) groups excluding carboxylic acids is 1. The van der Waals surface area contributed by atoms with Crippen molar-refractivity contribution in [2.45, 2.75) is 0 Å². The Morgan fingerprint density at radius 2 is 2.18 bits per heavy atom. The Kier molecular flexibility index (Phi) is 2.08. The average molecular weight is 226 g/mol. The van der Waals surface area contributed by atoms with Crippen LogP contribution >= 0.6 is 0 Å². The summed E-state index contributed by atoms with van der Waals surface area (Å²) in [5, 5.41) is 0. The van der Waals surface area contributed by atoms with Crippen molar-refractivity contribution < 1.29 is 9.53 Å². The van der Waals surface area contributed by atoms with Crippen molar-refractivity contribution in [3.8, 4) is 5.75 Å². The molecule has 0 fully saturated rings. The molecule has 2 aliphatic rings. The molecule has 1 aromatic carbocycles. The fourth-order valence-corrected chi connectivity index (χ4v) is 1.85. The number of hydrogen-bond donors (Lipinski definition) is 1. The number of carbonyl (C=O) groups is 1. The monoisotopic (exact) mass is 226 g/mol. The molecule has 0 saturated heterocycles. The van der Waals surface area contributed by atoms with Gasteiger partial charge in [-0.15, -0.1) is 0 Å². The highest BCUT2D eigenvalue weighted by Crippen LogP contribution is 2.35. The van der Waals surface area contributed by atoms with Crippen LogP contribution in [0.2, 0.25) is 0 Å². The van der Waals surface area contributed by atoms with Gasteiger partial charge >= 0.3 is 0 Å². The summed E-state index contributed by atoms with van der Waals surface area (Å²) in [7, 11) is 0. The normalized spacial score (nSPS) is 21.2. The van der Waals surface area contributed by atoms with Crippen LogP contribution in [-0.2, 0) is 4.79 Å². The summed E-state index contributed by atoms with van der Waals surface area (Å²) in [5.74, 6) is 0.866. The molecule has 1 heterocycles. The number of benzene rings is 1. The second-order valence-corrected chi connectivity index (χ2v) is 3.90. The van der Waals surface area contributed by atoms with Gasteiger partial charge in [0, 0.05) is 5.70 Å². The van der Waals surface area contributed by atoms with E-state index in [-0.39, 0.29) is 0 Å². The summed E-state index contributed by atoms with van der Waals surface area (Å²) in [6.45, 7) is 0. The number of nitrogens with zero attached hydrogens (tertiary/aromatic N) is 1.